The van der Waals surface area contributed by atoms with Crippen LogP contribution >= 0.6 is 12.4 Å². The van der Waals surface area contributed by atoms with Crippen molar-refractivity contribution in [3.63, 3.8) is 0 Å². The van der Waals surface area contributed by atoms with E-state index in [1.165, 1.54) is 18.2 Å². The third kappa shape index (κ3) is 7.94. The maximum absolute atomic E-state index is 12.4. The van der Waals surface area contributed by atoms with E-state index in [1.807, 2.05) is 0 Å². The summed E-state index contributed by atoms with van der Waals surface area (Å²) in [5.41, 5.74) is 0.265. The van der Waals surface area contributed by atoms with Crippen LogP contribution in [0.25, 0.3) is 0 Å². The van der Waals surface area contributed by atoms with Crippen molar-refractivity contribution >= 4 is 18.3 Å². The molecule has 0 spiro atoms. The van der Waals surface area contributed by atoms with Gasteiger partial charge in [-0.1, -0.05) is 18.2 Å². The van der Waals surface area contributed by atoms with E-state index in [4.69, 9.17) is 4.74 Å². The second kappa shape index (κ2) is 10.7. The molecule has 5 nitrogen and oxygen atoms in total. The van der Waals surface area contributed by atoms with Crippen molar-refractivity contribution < 1.29 is 27.4 Å². The van der Waals surface area contributed by atoms with Crippen LogP contribution in [0.15, 0.2) is 24.3 Å². The molecule has 1 aromatic rings. The van der Waals surface area contributed by atoms with E-state index in [0.717, 1.165) is 25.9 Å². The molecule has 0 aliphatic carbocycles. The van der Waals surface area contributed by atoms with Crippen LogP contribution < -0.4 is 15.4 Å². The Morgan fingerprint density at radius 1 is 1.26 bits per heavy atom. The van der Waals surface area contributed by atoms with Crippen LogP contribution in [0.4, 0.5) is 13.2 Å². The molecule has 0 aromatic heterocycles. The highest BCUT2D eigenvalue weighted by molar-refractivity contribution is 5.85. The number of carbonyl (C=O) groups excluding carboxylic acids is 1. The first-order valence-electron chi connectivity index (χ1n) is 8.64. The summed E-state index contributed by atoms with van der Waals surface area (Å²) in [7, 11) is 1.64. The summed E-state index contributed by atoms with van der Waals surface area (Å²) >= 11 is 0. The number of aryl methyl sites for hydroxylation is 1. The van der Waals surface area contributed by atoms with Crippen molar-refractivity contribution in [2.75, 3.05) is 33.4 Å². The summed E-state index contributed by atoms with van der Waals surface area (Å²) in [6.07, 6.45) is -2.66. The van der Waals surface area contributed by atoms with Gasteiger partial charge in [-0.3, -0.25) is 4.79 Å². The van der Waals surface area contributed by atoms with Crippen LogP contribution in [-0.4, -0.2) is 45.6 Å². The zero-order chi connectivity index (χ0) is 19.0. The highest BCUT2D eigenvalue weighted by atomic mass is 35.5. The Labute approximate surface area is 163 Å². The predicted octanol–water partition coefficient (Wildman–Crippen LogP) is 3.07. The average molecular weight is 411 g/mol. The zero-order valence-electron chi connectivity index (χ0n) is 15.2. The highest BCUT2D eigenvalue weighted by Gasteiger charge is 2.33. The Bertz CT molecular complexity index is 588. The molecular weight excluding hydrogens is 385 g/mol. The standard InChI is InChI=1S/C18H25F3N2O3.ClH/c1-25-13-17(8-10-22-11-9-17)12-23-16(24)7-6-14-4-2-3-5-15(14)26-18(19,20)21;/h2-5,22H,6-13H2,1H3,(H,23,24);1H. The van der Waals surface area contributed by atoms with Gasteiger partial charge < -0.3 is 20.1 Å². The number of ether oxygens (including phenoxy) is 2. The molecule has 0 saturated carbocycles. The molecule has 27 heavy (non-hydrogen) atoms. The number of nitrogens with one attached hydrogen (secondary N) is 2. The van der Waals surface area contributed by atoms with Crippen molar-refractivity contribution in [3.8, 4) is 5.75 Å². The number of hydrogen-bond acceptors (Lipinski definition) is 4. The lowest BCUT2D eigenvalue weighted by molar-refractivity contribution is -0.274. The van der Waals surface area contributed by atoms with Gasteiger partial charge >= 0.3 is 6.36 Å². The number of alkyl halides is 3. The fourth-order valence-corrected chi connectivity index (χ4v) is 3.19. The summed E-state index contributed by atoms with van der Waals surface area (Å²) in [4.78, 5) is 12.2. The largest absolute Gasteiger partial charge is 0.573 e. The molecule has 1 aromatic carbocycles. The Morgan fingerprint density at radius 2 is 1.93 bits per heavy atom. The lowest BCUT2D eigenvalue weighted by atomic mass is 9.79. The van der Waals surface area contributed by atoms with Gasteiger partial charge in [-0.25, -0.2) is 0 Å². The van der Waals surface area contributed by atoms with Gasteiger partial charge in [-0.15, -0.1) is 25.6 Å². The average Bonchev–Trinajstić information content (AvgIpc) is 2.59. The molecule has 0 bridgehead atoms. The van der Waals surface area contributed by atoms with Crippen LogP contribution in [0.3, 0.4) is 0 Å². The molecule has 1 aliphatic heterocycles. The minimum absolute atomic E-state index is 0. The minimum Gasteiger partial charge on any atom is -0.406 e. The molecule has 1 fully saturated rings. The van der Waals surface area contributed by atoms with Crippen LogP contribution in [0.2, 0.25) is 0 Å². The third-order valence-corrected chi connectivity index (χ3v) is 4.59. The number of hydrogen-bond donors (Lipinski definition) is 2. The molecule has 1 amide bonds. The fourth-order valence-electron chi connectivity index (χ4n) is 3.19. The molecule has 0 atom stereocenters. The van der Waals surface area contributed by atoms with Gasteiger partial charge in [0.25, 0.3) is 0 Å². The summed E-state index contributed by atoms with van der Waals surface area (Å²) < 4.78 is 46.6. The lowest BCUT2D eigenvalue weighted by Gasteiger charge is -2.37. The monoisotopic (exact) mass is 410 g/mol. The van der Waals surface area contributed by atoms with Gasteiger partial charge in [0.2, 0.25) is 5.91 Å². The van der Waals surface area contributed by atoms with Gasteiger partial charge in [-0.05, 0) is 44.0 Å². The zero-order valence-corrected chi connectivity index (χ0v) is 16.0. The van der Waals surface area contributed by atoms with Crippen LogP contribution in [0.1, 0.15) is 24.8 Å². The van der Waals surface area contributed by atoms with Crippen LogP contribution in [0.5, 0.6) is 5.75 Å². The highest BCUT2D eigenvalue weighted by Crippen LogP contribution is 2.29. The number of rotatable bonds is 8. The maximum Gasteiger partial charge on any atom is 0.573 e. The first-order chi connectivity index (χ1) is 12.3. The van der Waals surface area contributed by atoms with Crippen molar-refractivity contribution in [2.45, 2.75) is 32.0 Å². The molecule has 9 heteroatoms. The first kappa shape index (κ1) is 23.5. The van der Waals surface area contributed by atoms with E-state index in [0.29, 0.717) is 18.7 Å². The molecule has 1 heterocycles. The van der Waals surface area contributed by atoms with E-state index in [-0.39, 0.29) is 42.3 Å². The third-order valence-electron chi connectivity index (χ3n) is 4.59. The number of piperidine rings is 1. The first-order valence-corrected chi connectivity index (χ1v) is 8.64. The summed E-state index contributed by atoms with van der Waals surface area (Å²) in [5.74, 6) is -0.456. The number of para-hydroxylation sites is 1. The minimum atomic E-state index is -4.75. The topological polar surface area (TPSA) is 59.6 Å². The summed E-state index contributed by atoms with van der Waals surface area (Å²) in [6, 6.07) is 5.88. The SMILES string of the molecule is COCC1(CNC(=O)CCc2ccccc2OC(F)(F)F)CCNCC1.Cl. The van der Waals surface area contributed by atoms with E-state index < -0.39 is 6.36 Å². The molecule has 1 saturated heterocycles. The second-order valence-corrected chi connectivity index (χ2v) is 6.62. The van der Waals surface area contributed by atoms with Gasteiger partial charge in [0.15, 0.2) is 0 Å². The Morgan fingerprint density at radius 3 is 2.56 bits per heavy atom. The number of methoxy groups -OCH3 is 1. The van der Waals surface area contributed by atoms with Crippen molar-refractivity contribution in [2.24, 2.45) is 5.41 Å². The number of halogens is 4. The fraction of sp³-hybridized carbons (Fsp3) is 0.611. The normalized spacial score (nSPS) is 16.3. The smallest absolute Gasteiger partial charge is 0.406 e. The number of carbonyl (C=O) groups is 1. The van der Waals surface area contributed by atoms with Gasteiger partial charge in [0, 0.05) is 25.5 Å². The maximum atomic E-state index is 12.4. The molecular formula is C18H26ClF3N2O3. The Hall–Kier alpha value is -1.51. The van der Waals surface area contributed by atoms with Gasteiger partial charge in [-0.2, -0.15) is 0 Å². The quantitative estimate of drug-likeness (QED) is 0.691. The van der Waals surface area contributed by atoms with Crippen LogP contribution in [-0.2, 0) is 16.0 Å². The molecule has 154 valence electrons. The van der Waals surface area contributed by atoms with Gasteiger partial charge in [0.1, 0.15) is 5.75 Å². The van der Waals surface area contributed by atoms with E-state index in [9.17, 15) is 18.0 Å². The van der Waals surface area contributed by atoms with Gasteiger partial charge in [0.05, 0.1) is 6.61 Å². The Balaban J connectivity index is 0.00000364. The van der Waals surface area contributed by atoms with Crippen LogP contribution in [0, 0.1) is 5.41 Å². The van der Waals surface area contributed by atoms with E-state index in [2.05, 4.69) is 15.4 Å². The number of benzene rings is 1. The molecule has 2 rings (SSSR count). The van der Waals surface area contributed by atoms with Crippen molar-refractivity contribution in [1.82, 2.24) is 10.6 Å². The van der Waals surface area contributed by atoms with E-state index >= 15 is 0 Å². The molecule has 0 unspecified atom stereocenters. The lowest BCUT2D eigenvalue weighted by Crippen LogP contribution is -2.47. The molecule has 0 radical (unpaired) electrons. The van der Waals surface area contributed by atoms with E-state index in [1.54, 1.807) is 13.2 Å². The second-order valence-electron chi connectivity index (χ2n) is 6.62. The van der Waals surface area contributed by atoms with Crippen molar-refractivity contribution in [3.05, 3.63) is 29.8 Å². The number of amides is 1. The van der Waals surface area contributed by atoms with Crippen molar-refractivity contribution in [1.29, 1.82) is 0 Å². The Kier molecular flexibility index (Phi) is 9.35. The summed E-state index contributed by atoms with van der Waals surface area (Å²) in [5, 5.41) is 6.19. The predicted molar refractivity (Wildman–Crippen MR) is 98.1 cm³/mol. The molecule has 2 N–H and O–H groups in total. The molecule has 1 aliphatic rings. The summed E-state index contributed by atoms with van der Waals surface area (Å²) in [6.45, 7) is 2.82.